The lowest BCUT2D eigenvalue weighted by Crippen LogP contribution is -2.46. The Morgan fingerprint density at radius 1 is 1.15 bits per heavy atom. The molecule has 1 aliphatic heterocycles. The van der Waals surface area contributed by atoms with Crippen LogP contribution in [0.1, 0.15) is 58.3 Å². The van der Waals surface area contributed by atoms with E-state index in [0.29, 0.717) is 51.1 Å². The van der Waals surface area contributed by atoms with Crippen molar-refractivity contribution in [2.24, 2.45) is 5.92 Å². The van der Waals surface area contributed by atoms with E-state index in [0.717, 1.165) is 16.5 Å². The molecule has 0 radical (unpaired) electrons. The fourth-order valence-corrected chi connectivity index (χ4v) is 5.61. The van der Waals surface area contributed by atoms with Gasteiger partial charge in [0.1, 0.15) is 5.65 Å². The predicted molar refractivity (Wildman–Crippen MR) is 155 cm³/mol. The Morgan fingerprint density at radius 2 is 1.85 bits per heavy atom. The normalized spacial score (nSPS) is 15.1. The summed E-state index contributed by atoms with van der Waals surface area (Å²) < 4.78 is 4.22. The second-order valence-corrected chi connectivity index (χ2v) is 11.6. The molecular weight excluding hydrogens is 582 g/mol. The van der Waals surface area contributed by atoms with E-state index in [-0.39, 0.29) is 30.0 Å². The van der Waals surface area contributed by atoms with Crippen molar-refractivity contribution < 1.29 is 9.59 Å². The fourth-order valence-electron chi connectivity index (χ4n) is 5.18. The zero-order valence-corrected chi connectivity index (χ0v) is 24.5. The molecule has 4 aromatic rings. The van der Waals surface area contributed by atoms with Crippen LogP contribution in [0.2, 0.25) is 5.02 Å². The molecule has 1 atom stereocenters. The van der Waals surface area contributed by atoms with E-state index in [1.807, 2.05) is 17.6 Å². The van der Waals surface area contributed by atoms with E-state index in [1.54, 1.807) is 59.0 Å². The van der Waals surface area contributed by atoms with Crippen molar-refractivity contribution in [2.75, 3.05) is 7.05 Å². The molecule has 1 unspecified atom stereocenters. The molecule has 5 rings (SSSR count). The first-order valence-corrected chi connectivity index (χ1v) is 14.0. The first-order chi connectivity index (χ1) is 18.6. The molecule has 39 heavy (non-hydrogen) atoms. The number of hydrogen-bond donors (Lipinski definition) is 1. The first-order valence-electron chi connectivity index (χ1n) is 12.8. The molecule has 0 saturated heterocycles. The van der Waals surface area contributed by atoms with Crippen LogP contribution in [-0.4, -0.2) is 44.0 Å². The molecule has 3 heterocycles. The van der Waals surface area contributed by atoms with Crippen LogP contribution in [0, 0.1) is 5.92 Å². The summed E-state index contributed by atoms with van der Waals surface area (Å²) >= 11 is 9.65. The van der Waals surface area contributed by atoms with Crippen molar-refractivity contribution in [3.8, 4) is 5.69 Å². The molecule has 0 spiro atoms. The number of nitrogens with zero attached hydrogens (tertiary/aromatic N) is 4. The van der Waals surface area contributed by atoms with Gasteiger partial charge < -0.3 is 10.2 Å². The second kappa shape index (κ2) is 10.6. The Labute approximate surface area is 239 Å². The van der Waals surface area contributed by atoms with Crippen LogP contribution < -0.4 is 10.9 Å². The smallest absolute Gasteiger partial charge is 0.261 e. The van der Waals surface area contributed by atoms with E-state index in [1.165, 1.54) is 0 Å². The first kappa shape index (κ1) is 27.1. The van der Waals surface area contributed by atoms with Gasteiger partial charge in [0.2, 0.25) is 0 Å². The van der Waals surface area contributed by atoms with Gasteiger partial charge in [-0.2, -0.15) is 5.10 Å². The van der Waals surface area contributed by atoms with Gasteiger partial charge in [-0.25, -0.2) is 4.52 Å². The van der Waals surface area contributed by atoms with Crippen molar-refractivity contribution in [2.45, 2.75) is 46.2 Å². The van der Waals surface area contributed by atoms with Gasteiger partial charge in [-0.3, -0.25) is 19.0 Å². The Kier molecular flexibility index (Phi) is 7.39. The maximum absolute atomic E-state index is 14.1. The number of rotatable bonds is 5. The fraction of sp³-hybridized carbons (Fsp3) is 0.310. The molecule has 1 aliphatic rings. The van der Waals surface area contributed by atoms with Crippen LogP contribution in [0.15, 0.2) is 57.9 Å². The van der Waals surface area contributed by atoms with Gasteiger partial charge >= 0.3 is 0 Å². The number of carbonyl (C=O) groups is 2. The topological polar surface area (TPSA) is 88.7 Å². The summed E-state index contributed by atoms with van der Waals surface area (Å²) in [6.45, 7) is 6.43. The molecule has 1 N–H and O–H groups in total. The lowest BCUT2D eigenvalue weighted by Gasteiger charge is -2.35. The highest BCUT2D eigenvalue weighted by atomic mass is 79.9. The van der Waals surface area contributed by atoms with Gasteiger partial charge in [0.25, 0.3) is 17.4 Å². The Morgan fingerprint density at radius 3 is 2.49 bits per heavy atom. The number of nitrogens with one attached hydrogen (secondary N) is 1. The third-order valence-corrected chi connectivity index (χ3v) is 8.35. The number of amides is 2. The molecule has 8 nitrogen and oxygen atoms in total. The van der Waals surface area contributed by atoms with Crippen LogP contribution in [0.5, 0.6) is 0 Å². The molecule has 10 heteroatoms. The Bertz CT molecular complexity index is 1660. The molecule has 0 fully saturated rings. The number of halogens is 2. The Balaban J connectivity index is 1.66. The summed E-state index contributed by atoms with van der Waals surface area (Å²) in [6, 6.07) is 11.9. The van der Waals surface area contributed by atoms with Gasteiger partial charge in [0.05, 0.1) is 29.1 Å². The quantitative estimate of drug-likeness (QED) is 0.343. The predicted octanol–water partition coefficient (Wildman–Crippen LogP) is 5.05. The summed E-state index contributed by atoms with van der Waals surface area (Å²) in [4.78, 5) is 41.6. The monoisotopic (exact) mass is 609 g/mol. The summed E-state index contributed by atoms with van der Waals surface area (Å²) in [7, 11) is 1.58. The van der Waals surface area contributed by atoms with Crippen LogP contribution in [-0.2, 0) is 19.4 Å². The van der Waals surface area contributed by atoms with Crippen molar-refractivity contribution in [3.05, 3.63) is 96.5 Å². The number of hydrogen-bond acceptors (Lipinski definition) is 4. The minimum atomic E-state index is -0.215. The Hall–Kier alpha value is -3.43. The third kappa shape index (κ3) is 4.89. The van der Waals surface area contributed by atoms with Crippen molar-refractivity contribution in [3.63, 3.8) is 0 Å². The summed E-state index contributed by atoms with van der Waals surface area (Å²) in [5, 5.41) is 7.80. The van der Waals surface area contributed by atoms with E-state index in [4.69, 9.17) is 16.7 Å². The number of aromatic nitrogens is 3. The average Bonchev–Trinajstić information content (AvgIpc) is 3.32. The maximum atomic E-state index is 14.1. The molecule has 2 aromatic heterocycles. The van der Waals surface area contributed by atoms with E-state index in [9.17, 15) is 14.4 Å². The number of carbonyl (C=O) groups excluding carboxylic acids is 2. The van der Waals surface area contributed by atoms with E-state index < -0.39 is 0 Å². The number of benzene rings is 2. The summed E-state index contributed by atoms with van der Waals surface area (Å²) in [5.74, 6) is -0.00679. The second-order valence-electron chi connectivity index (χ2n) is 10.3. The molecule has 0 saturated carbocycles. The minimum absolute atomic E-state index is 0.138. The maximum Gasteiger partial charge on any atom is 0.261 e. The van der Waals surface area contributed by atoms with Gasteiger partial charge in [0, 0.05) is 39.8 Å². The highest BCUT2D eigenvalue weighted by Gasteiger charge is 2.33. The van der Waals surface area contributed by atoms with E-state index in [2.05, 4.69) is 35.1 Å². The van der Waals surface area contributed by atoms with Gasteiger partial charge in [-0.05, 0) is 84.1 Å². The lowest BCUT2D eigenvalue weighted by molar-refractivity contribution is 0.0651. The van der Waals surface area contributed by atoms with Gasteiger partial charge in [0.15, 0.2) is 0 Å². The van der Waals surface area contributed by atoms with Gasteiger partial charge in [-0.1, -0.05) is 25.4 Å². The third-order valence-electron chi connectivity index (χ3n) is 7.12. The average molecular weight is 611 g/mol. The largest absolute Gasteiger partial charge is 0.355 e. The van der Waals surface area contributed by atoms with Crippen molar-refractivity contribution in [1.82, 2.24) is 24.4 Å². The van der Waals surface area contributed by atoms with Crippen LogP contribution in [0.3, 0.4) is 0 Å². The van der Waals surface area contributed by atoms with E-state index >= 15 is 0 Å². The standard InChI is InChI=1S/C29H29BrClN5O3/c1-16(2)11-20-14-33-36-25-15-34(28(38)19-7-10-23(30)24(31)13-19)17(3)12-22(25)29(39)35(27(20)36)21-8-5-18(6-9-21)26(37)32-4/h5-10,13-14,16-17H,11-12,15H2,1-4H3,(H,32,37). The minimum Gasteiger partial charge on any atom is -0.355 e. The SMILES string of the molecule is CNC(=O)c1ccc(-n2c(=O)c3c(n4ncc(CC(C)C)c24)CN(C(=O)c2ccc(Br)c(Cl)c2)C(C)C3)cc1. The molecular formula is C29H29BrClN5O3. The summed E-state index contributed by atoms with van der Waals surface area (Å²) in [6.07, 6.45) is 2.92. The molecule has 0 aliphatic carbocycles. The molecule has 0 bridgehead atoms. The lowest BCUT2D eigenvalue weighted by atomic mass is 9.98. The van der Waals surface area contributed by atoms with Gasteiger partial charge in [-0.15, -0.1) is 0 Å². The molecule has 2 amide bonds. The zero-order valence-electron chi connectivity index (χ0n) is 22.2. The number of fused-ring (bicyclic) bond motifs is 3. The van der Waals surface area contributed by atoms with Crippen LogP contribution >= 0.6 is 27.5 Å². The van der Waals surface area contributed by atoms with Crippen LogP contribution in [0.4, 0.5) is 0 Å². The van der Waals surface area contributed by atoms with Crippen molar-refractivity contribution in [1.29, 1.82) is 0 Å². The molecule has 202 valence electrons. The highest BCUT2D eigenvalue weighted by molar-refractivity contribution is 9.10. The zero-order chi connectivity index (χ0) is 28.0. The van der Waals surface area contributed by atoms with Crippen molar-refractivity contribution >= 4 is 45.0 Å². The highest BCUT2D eigenvalue weighted by Crippen LogP contribution is 2.29. The van der Waals surface area contributed by atoms with Crippen LogP contribution in [0.25, 0.3) is 11.3 Å². The molecule has 2 aromatic carbocycles. The summed E-state index contributed by atoms with van der Waals surface area (Å²) in [5.41, 5.74) is 4.46.